The van der Waals surface area contributed by atoms with Crippen LogP contribution in [0.5, 0.6) is 0 Å². The Morgan fingerprint density at radius 1 is 1.42 bits per heavy atom. The first kappa shape index (κ1) is 14.0. The van der Waals surface area contributed by atoms with Gasteiger partial charge in [-0.1, -0.05) is 6.07 Å². The van der Waals surface area contributed by atoms with Gasteiger partial charge in [-0.3, -0.25) is 4.79 Å². The molecule has 0 spiro atoms. The van der Waals surface area contributed by atoms with E-state index in [1.54, 1.807) is 19.1 Å². The number of halogens is 1. The molecule has 0 saturated carbocycles. The van der Waals surface area contributed by atoms with Crippen LogP contribution in [-0.4, -0.2) is 36.5 Å². The lowest BCUT2D eigenvalue weighted by molar-refractivity contribution is 0.0655. The van der Waals surface area contributed by atoms with Crippen LogP contribution in [-0.2, 0) is 0 Å². The first-order valence-corrected chi connectivity index (χ1v) is 6.91. The van der Waals surface area contributed by atoms with Gasteiger partial charge in [0.25, 0.3) is 5.91 Å². The molecule has 1 aliphatic heterocycles. The zero-order valence-electron chi connectivity index (χ0n) is 11.6. The molecule has 1 saturated heterocycles. The summed E-state index contributed by atoms with van der Waals surface area (Å²) in [7, 11) is 0. The lowest BCUT2D eigenvalue weighted by Crippen LogP contribution is -2.46. The van der Waals surface area contributed by atoms with Crippen LogP contribution < -0.4 is 5.32 Å². The Kier molecular flexibility index (Phi) is 4.53. The molecule has 1 aromatic rings. The Bertz CT molecular complexity index is 455. The van der Waals surface area contributed by atoms with Crippen molar-refractivity contribution in [2.24, 2.45) is 0 Å². The van der Waals surface area contributed by atoms with Crippen molar-refractivity contribution in [2.45, 2.75) is 32.7 Å². The molecule has 1 amide bonds. The van der Waals surface area contributed by atoms with Crippen LogP contribution in [0.15, 0.2) is 18.2 Å². The third-order valence-corrected chi connectivity index (χ3v) is 3.77. The molecule has 3 nitrogen and oxygen atoms in total. The summed E-state index contributed by atoms with van der Waals surface area (Å²) >= 11 is 0. The number of hydrogen-bond acceptors (Lipinski definition) is 2. The van der Waals surface area contributed by atoms with Gasteiger partial charge in [0.1, 0.15) is 5.82 Å². The summed E-state index contributed by atoms with van der Waals surface area (Å²) in [6.07, 6.45) is 1.93. The number of hydrogen-bond donors (Lipinski definition) is 1. The average molecular weight is 264 g/mol. The predicted molar refractivity (Wildman–Crippen MR) is 73.7 cm³/mol. The predicted octanol–water partition coefficient (Wildman–Crippen LogP) is 2.35. The van der Waals surface area contributed by atoms with Crippen molar-refractivity contribution in [3.8, 4) is 0 Å². The molecule has 4 heteroatoms. The first-order chi connectivity index (χ1) is 9.13. The number of benzene rings is 1. The van der Waals surface area contributed by atoms with Gasteiger partial charge in [0.15, 0.2) is 0 Å². The van der Waals surface area contributed by atoms with Gasteiger partial charge in [0.05, 0.1) is 0 Å². The molecule has 0 radical (unpaired) electrons. The van der Waals surface area contributed by atoms with E-state index < -0.39 is 0 Å². The average Bonchev–Trinajstić information content (AvgIpc) is 2.44. The molecule has 1 N–H and O–H groups in total. The number of piperidine rings is 1. The Morgan fingerprint density at radius 3 is 2.68 bits per heavy atom. The Labute approximate surface area is 113 Å². The van der Waals surface area contributed by atoms with Gasteiger partial charge in [-0.25, -0.2) is 4.39 Å². The number of carbonyl (C=O) groups is 1. The van der Waals surface area contributed by atoms with Gasteiger partial charge < -0.3 is 10.2 Å². The maximum absolute atomic E-state index is 13.6. The van der Waals surface area contributed by atoms with E-state index in [0.29, 0.717) is 17.7 Å². The van der Waals surface area contributed by atoms with Crippen LogP contribution in [0.2, 0.25) is 0 Å². The van der Waals surface area contributed by atoms with Crippen molar-refractivity contribution in [3.05, 3.63) is 35.1 Å². The summed E-state index contributed by atoms with van der Waals surface area (Å²) < 4.78 is 13.6. The number of rotatable bonds is 3. The fourth-order valence-electron chi connectivity index (χ4n) is 2.58. The van der Waals surface area contributed by atoms with Crippen LogP contribution >= 0.6 is 0 Å². The molecule has 1 heterocycles. The van der Waals surface area contributed by atoms with Gasteiger partial charge in [0, 0.05) is 18.2 Å². The minimum atomic E-state index is -0.313. The van der Waals surface area contributed by atoms with E-state index in [1.807, 2.05) is 11.8 Å². The summed E-state index contributed by atoms with van der Waals surface area (Å²) in [4.78, 5) is 14.3. The Balaban J connectivity index is 2.17. The number of amides is 1. The highest BCUT2D eigenvalue weighted by molar-refractivity contribution is 5.94. The van der Waals surface area contributed by atoms with Crippen LogP contribution in [0.25, 0.3) is 0 Å². The molecule has 0 aliphatic carbocycles. The Morgan fingerprint density at radius 2 is 2.11 bits per heavy atom. The third-order valence-electron chi connectivity index (χ3n) is 3.77. The second kappa shape index (κ2) is 6.15. The van der Waals surface area contributed by atoms with Gasteiger partial charge in [-0.2, -0.15) is 0 Å². The molecule has 2 rings (SSSR count). The van der Waals surface area contributed by atoms with Crippen molar-refractivity contribution in [1.82, 2.24) is 10.2 Å². The summed E-state index contributed by atoms with van der Waals surface area (Å²) in [6.45, 7) is 6.23. The maximum atomic E-state index is 13.6. The summed E-state index contributed by atoms with van der Waals surface area (Å²) in [5, 5.41) is 3.29. The number of nitrogens with zero attached hydrogens (tertiary/aromatic N) is 1. The van der Waals surface area contributed by atoms with E-state index in [2.05, 4.69) is 5.32 Å². The second-order valence-corrected chi connectivity index (χ2v) is 5.04. The topological polar surface area (TPSA) is 32.3 Å². The van der Waals surface area contributed by atoms with Crippen LogP contribution in [0, 0.1) is 12.7 Å². The fourth-order valence-corrected chi connectivity index (χ4v) is 2.58. The van der Waals surface area contributed by atoms with Crippen molar-refractivity contribution in [3.63, 3.8) is 0 Å². The minimum absolute atomic E-state index is 0.0618. The van der Waals surface area contributed by atoms with Gasteiger partial charge in [0.2, 0.25) is 0 Å². The van der Waals surface area contributed by atoms with Gasteiger partial charge in [-0.15, -0.1) is 0 Å². The molecule has 19 heavy (non-hydrogen) atoms. The van der Waals surface area contributed by atoms with Crippen molar-refractivity contribution >= 4 is 5.91 Å². The van der Waals surface area contributed by atoms with Crippen LogP contribution in [0.4, 0.5) is 4.39 Å². The molecule has 0 aromatic heterocycles. The summed E-state index contributed by atoms with van der Waals surface area (Å²) in [5.74, 6) is -0.375. The lowest BCUT2D eigenvalue weighted by atomic mass is 10.0. The van der Waals surface area contributed by atoms with E-state index in [0.717, 1.165) is 25.9 Å². The summed E-state index contributed by atoms with van der Waals surface area (Å²) in [5.41, 5.74) is 1.02. The SMILES string of the molecule is CCN(C(=O)c1ccc(C)c(F)c1)C1CCNCC1. The lowest BCUT2D eigenvalue weighted by Gasteiger charge is -2.34. The molecule has 104 valence electrons. The zero-order chi connectivity index (χ0) is 13.8. The fraction of sp³-hybridized carbons (Fsp3) is 0.533. The van der Waals surface area contributed by atoms with E-state index in [4.69, 9.17) is 0 Å². The quantitative estimate of drug-likeness (QED) is 0.909. The summed E-state index contributed by atoms with van der Waals surface area (Å²) in [6, 6.07) is 4.99. The van der Waals surface area contributed by atoms with Crippen LogP contribution in [0.3, 0.4) is 0 Å². The normalized spacial score (nSPS) is 16.4. The maximum Gasteiger partial charge on any atom is 0.254 e. The monoisotopic (exact) mass is 264 g/mol. The smallest absolute Gasteiger partial charge is 0.254 e. The van der Waals surface area contributed by atoms with E-state index in [-0.39, 0.29) is 17.8 Å². The van der Waals surface area contributed by atoms with E-state index in [9.17, 15) is 9.18 Å². The second-order valence-electron chi connectivity index (χ2n) is 5.04. The zero-order valence-corrected chi connectivity index (χ0v) is 11.6. The van der Waals surface area contributed by atoms with Gasteiger partial charge >= 0.3 is 0 Å². The number of aryl methyl sites for hydroxylation is 1. The standard InChI is InChI=1S/C15H21FN2O/c1-3-18(13-6-8-17-9-7-13)15(19)12-5-4-11(2)14(16)10-12/h4-5,10,13,17H,3,6-9H2,1-2H3. The molecule has 0 unspecified atom stereocenters. The van der Waals surface area contributed by atoms with Crippen molar-refractivity contribution < 1.29 is 9.18 Å². The van der Waals surface area contributed by atoms with Crippen LogP contribution in [0.1, 0.15) is 35.7 Å². The largest absolute Gasteiger partial charge is 0.336 e. The minimum Gasteiger partial charge on any atom is -0.336 e. The number of carbonyl (C=O) groups excluding carboxylic acids is 1. The third kappa shape index (κ3) is 3.13. The van der Waals surface area contributed by atoms with Crippen molar-refractivity contribution in [1.29, 1.82) is 0 Å². The Hall–Kier alpha value is -1.42. The highest BCUT2D eigenvalue weighted by Gasteiger charge is 2.25. The molecule has 1 fully saturated rings. The van der Waals surface area contributed by atoms with Gasteiger partial charge in [-0.05, 0) is 57.5 Å². The highest BCUT2D eigenvalue weighted by Crippen LogP contribution is 2.17. The molecule has 1 aromatic carbocycles. The van der Waals surface area contributed by atoms with Crippen molar-refractivity contribution in [2.75, 3.05) is 19.6 Å². The van der Waals surface area contributed by atoms with E-state index in [1.165, 1.54) is 6.07 Å². The molecular weight excluding hydrogens is 243 g/mol. The molecule has 0 atom stereocenters. The molecular formula is C15H21FN2O. The number of nitrogens with one attached hydrogen (secondary N) is 1. The molecule has 0 bridgehead atoms. The first-order valence-electron chi connectivity index (χ1n) is 6.91. The van der Waals surface area contributed by atoms with E-state index >= 15 is 0 Å². The highest BCUT2D eigenvalue weighted by atomic mass is 19.1. The molecule has 1 aliphatic rings.